The summed E-state index contributed by atoms with van der Waals surface area (Å²) < 4.78 is 23.5. The molecule has 1 saturated carbocycles. The van der Waals surface area contributed by atoms with Crippen molar-refractivity contribution >= 4 is 5.97 Å². The van der Waals surface area contributed by atoms with Crippen LogP contribution in [0.2, 0.25) is 0 Å². The van der Waals surface area contributed by atoms with Gasteiger partial charge in [0.1, 0.15) is 11.5 Å². The highest BCUT2D eigenvalue weighted by Crippen LogP contribution is 2.30. The van der Waals surface area contributed by atoms with Crippen LogP contribution < -0.4 is 9.47 Å². The second kappa shape index (κ2) is 18.2. The normalized spacial score (nSPS) is 19.3. The van der Waals surface area contributed by atoms with Crippen molar-refractivity contribution in [3.63, 3.8) is 0 Å². The van der Waals surface area contributed by atoms with Crippen molar-refractivity contribution in [3.05, 3.63) is 59.7 Å². The van der Waals surface area contributed by atoms with Gasteiger partial charge in [0.15, 0.2) is 6.29 Å². The molecule has 0 radical (unpaired) electrons. The van der Waals surface area contributed by atoms with Crippen molar-refractivity contribution in [2.75, 3.05) is 19.8 Å². The lowest BCUT2D eigenvalue weighted by atomic mass is 9.99. The minimum atomic E-state index is -0.380. The van der Waals surface area contributed by atoms with E-state index in [0.29, 0.717) is 23.8 Å². The Balaban J connectivity index is 1.09. The molecule has 0 atom stereocenters. The first-order chi connectivity index (χ1) is 20.2. The van der Waals surface area contributed by atoms with Gasteiger partial charge in [-0.1, -0.05) is 109 Å². The second-order valence-corrected chi connectivity index (χ2v) is 12.1. The lowest BCUT2D eigenvalue weighted by molar-refractivity contribution is -0.206. The summed E-state index contributed by atoms with van der Waals surface area (Å²) in [7, 11) is 0. The molecular weight excluding hydrogens is 512 g/mol. The van der Waals surface area contributed by atoms with Crippen LogP contribution in [0.25, 0.3) is 0 Å². The number of benzene rings is 2. The quantitative estimate of drug-likeness (QED) is 0.102. The number of carbonyl (C=O) groups excluding carboxylic acids is 1. The molecule has 0 unspecified atom stereocenters. The molecule has 41 heavy (non-hydrogen) atoms. The van der Waals surface area contributed by atoms with Crippen LogP contribution in [0.4, 0.5) is 0 Å². The Morgan fingerprint density at radius 3 is 1.98 bits per heavy atom. The molecule has 0 aromatic heterocycles. The Labute approximate surface area is 248 Å². The summed E-state index contributed by atoms with van der Waals surface area (Å²) in [5.41, 5.74) is 1.45. The Hall–Kier alpha value is -2.37. The topological polar surface area (TPSA) is 54.0 Å². The number of esters is 1. The summed E-state index contributed by atoms with van der Waals surface area (Å²) in [4.78, 5) is 12.7. The Morgan fingerprint density at radius 1 is 0.707 bits per heavy atom. The molecule has 2 fully saturated rings. The molecule has 2 aromatic carbocycles. The van der Waals surface area contributed by atoms with Gasteiger partial charge in [-0.3, -0.25) is 0 Å². The van der Waals surface area contributed by atoms with Crippen LogP contribution in [-0.2, 0) is 9.47 Å². The van der Waals surface area contributed by atoms with Gasteiger partial charge in [0.05, 0.1) is 25.4 Å². The van der Waals surface area contributed by atoms with Crippen LogP contribution in [0, 0.1) is 11.8 Å². The fourth-order valence-electron chi connectivity index (χ4n) is 6.04. The highest BCUT2D eigenvalue weighted by Gasteiger charge is 2.23. The zero-order valence-corrected chi connectivity index (χ0v) is 25.3. The Morgan fingerprint density at radius 2 is 1.29 bits per heavy atom. The summed E-state index contributed by atoms with van der Waals surface area (Å²) >= 11 is 0. The number of rotatable bonds is 18. The van der Waals surface area contributed by atoms with Crippen molar-refractivity contribution in [2.45, 2.75) is 116 Å². The molecule has 0 N–H and O–H groups in total. The smallest absolute Gasteiger partial charge is 0.343 e. The summed E-state index contributed by atoms with van der Waals surface area (Å²) in [6, 6.07) is 14.6. The summed E-state index contributed by atoms with van der Waals surface area (Å²) in [5.74, 6) is 2.39. The van der Waals surface area contributed by atoms with Crippen molar-refractivity contribution in [1.29, 1.82) is 0 Å². The van der Waals surface area contributed by atoms with Crippen molar-refractivity contribution in [2.24, 2.45) is 11.8 Å². The zero-order chi connectivity index (χ0) is 28.5. The van der Waals surface area contributed by atoms with Crippen molar-refractivity contribution in [3.8, 4) is 11.5 Å². The molecule has 2 aromatic rings. The number of ether oxygens (including phenoxy) is 4. The van der Waals surface area contributed by atoms with Crippen LogP contribution in [-0.4, -0.2) is 25.8 Å². The maximum absolute atomic E-state index is 12.7. The van der Waals surface area contributed by atoms with Gasteiger partial charge in [0.2, 0.25) is 0 Å². The molecule has 5 heteroatoms. The van der Waals surface area contributed by atoms with E-state index in [4.69, 9.17) is 18.9 Å². The monoisotopic (exact) mass is 564 g/mol. The zero-order valence-electron chi connectivity index (χ0n) is 25.3. The SMILES string of the molecule is CCCCCCCCC1COC(c2ccc(OC(=O)c3ccc(OCCCCCCC4CCCC4)cc3)cc2)OC1. The first-order valence-corrected chi connectivity index (χ1v) is 16.5. The van der Waals surface area contributed by atoms with Crippen LogP contribution in [0.3, 0.4) is 0 Å². The number of hydrogen-bond donors (Lipinski definition) is 0. The third-order valence-corrected chi connectivity index (χ3v) is 8.64. The largest absolute Gasteiger partial charge is 0.494 e. The van der Waals surface area contributed by atoms with Crippen LogP contribution >= 0.6 is 0 Å². The minimum Gasteiger partial charge on any atom is -0.494 e. The molecule has 1 heterocycles. The van der Waals surface area contributed by atoms with Crippen LogP contribution in [0.15, 0.2) is 48.5 Å². The maximum atomic E-state index is 12.7. The average Bonchev–Trinajstić information content (AvgIpc) is 3.53. The van der Waals surface area contributed by atoms with E-state index in [1.54, 1.807) is 24.3 Å². The van der Waals surface area contributed by atoms with Gasteiger partial charge < -0.3 is 18.9 Å². The number of carbonyl (C=O) groups is 1. The molecule has 1 aliphatic carbocycles. The van der Waals surface area contributed by atoms with E-state index in [2.05, 4.69) is 6.92 Å². The van der Waals surface area contributed by atoms with E-state index in [-0.39, 0.29) is 12.3 Å². The summed E-state index contributed by atoms with van der Waals surface area (Å²) in [5, 5.41) is 0. The van der Waals surface area contributed by atoms with Gasteiger partial charge in [-0.15, -0.1) is 0 Å². The highest BCUT2D eigenvalue weighted by molar-refractivity contribution is 5.91. The minimum absolute atomic E-state index is 0.356. The molecule has 1 saturated heterocycles. The van der Waals surface area contributed by atoms with Crippen molar-refractivity contribution in [1.82, 2.24) is 0 Å². The van der Waals surface area contributed by atoms with Gasteiger partial charge in [-0.05, 0) is 55.2 Å². The third kappa shape index (κ3) is 11.4. The Bertz CT molecular complexity index is 972. The van der Waals surface area contributed by atoms with Crippen LogP contribution in [0.1, 0.15) is 132 Å². The third-order valence-electron chi connectivity index (χ3n) is 8.64. The van der Waals surface area contributed by atoms with Gasteiger partial charge in [0.25, 0.3) is 0 Å². The molecule has 0 bridgehead atoms. The fourth-order valence-corrected chi connectivity index (χ4v) is 6.04. The standard InChI is InChI=1S/C36H52O5/c1-2-3-4-5-6-10-17-30-27-39-36(40-28-30)32-20-24-34(25-21-32)41-35(37)31-18-22-33(23-19-31)38-26-13-8-7-9-14-29-15-11-12-16-29/h18-25,29-30,36H,2-17,26-28H2,1H3. The van der Waals surface area contributed by atoms with E-state index >= 15 is 0 Å². The van der Waals surface area contributed by atoms with E-state index in [1.165, 1.54) is 96.3 Å². The number of hydrogen-bond acceptors (Lipinski definition) is 5. The highest BCUT2D eigenvalue weighted by atomic mass is 16.7. The molecule has 0 amide bonds. The van der Waals surface area contributed by atoms with Gasteiger partial charge in [-0.2, -0.15) is 0 Å². The maximum Gasteiger partial charge on any atom is 0.343 e. The summed E-state index contributed by atoms with van der Waals surface area (Å²) in [6.45, 7) is 4.43. The average molecular weight is 565 g/mol. The lowest BCUT2D eigenvalue weighted by Gasteiger charge is -2.29. The fraction of sp³-hybridized carbons (Fsp3) is 0.639. The molecule has 226 valence electrons. The number of unbranched alkanes of at least 4 members (excludes halogenated alkanes) is 8. The van der Waals surface area contributed by atoms with E-state index in [0.717, 1.165) is 36.9 Å². The van der Waals surface area contributed by atoms with Gasteiger partial charge in [0, 0.05) is 11.5 Å². The molecule has 5 nitrogen and oxygen atoms in total. The van der Waals surface area contributed by atoms with Crippen molar-refractivity contribution < 1.29 is 23.7 Å². The second-order valence-electron chi connectivity index (χ2n) is 12.1. The van der Waals surface area contributed by atoms with Gasteiger partial charge >= 0.3 is 5.97 Å². The predicted molar refractivity (Wildman–Crippen MR) is 165 cm³/mol. The molecule has 2 aliphatic rings. The van der Waals surface area contributed by atoms with E-state index in [9.17, 15) is 4.79 Å². The summed E-state index contributed by atoms with van der Waals surface area (Å²) in [6.07, 6.45) is 20.8. The van der Waals surface area contributed by atoms with E-state index in [1.807, 2.05) is 24.3 Å². The lowest BCUT2D eigenvalue weighted by Crippen LogP contribution is -2.27. The van der Waals surface area contributed by atoms with Crippen LogP contribution in [0.5, 0.6) is 11.5 Å². The first kappa shape index (κ1) is 31.6. The predicted octanol–water partition coefficient (Wildman–Crippen LogP) is 9.84. The molecule has 4 rings (SSSR count). The van der Waals surface area contributed by atoms with E-state index < -0.39 is 0 Å². The molecule has 0 spiro atoms. The molecular formula is C36H52O5. The van der Waals surface area contributed by atoms with Gasteiger partial charge in [-0.25, -0.2) is 4.79 Å². The first-order valence-electron chi connectivity index (χ1n) is 16.5. The molecule has 1 aliphatic heterocycles. The Kier molecular flexibility index (Phi) is 14.0.